The lowest BCUT2D eigenvalue weighted by molar-refractivity contribution is -0.161. The van der Waals surface area contributed by atoms with Crippen molar-refractivity contribution >= 4 is 34.9 Å². The summed E-state index contributed by atoms with van der Waals surface area (Å²) in [7, 11) is 0. The molecule has 0 atom stereocenters. The fourth-order valence-electron chi connectivity index (χ4n) is 2.16. The molecule has 0 aromatic heterocycles. The Labute approximate surface area is 162 Å². The first-order valence-electron chi connectivity index (χ1n) is 8.20. The van der Waals surface area contributed by atoms with E-state index in [2.05, 4.69) is 5.32 Å². The normalized spacial score (nSPS) is 10.8. The summed E-state index contributed by atoms with van der Waals surface area (Å²) in [6.07, 6.45) is 0. The summed E-state index contributed by atoms with van der Waals surface area (Å²) in [4.78, 5) is 35.6. The Balaban J connectivity index is 1.89. The van der Waals surface area contributed by atoms with Gasteiger partial charge >= 0.3 is 5.97 Å². The van der Waals surface area contributed by atoms with Gasteiger partial charge < -0.3 is 14.8 Å². The monoisotopic (exact) mass is 389 g/mol. The minimum absolute atomic E-state index is 0.112. The van der Waals surface area contributed by atoms with Crippen molar-refractivity contribution in [2.45, 2.75) is 26.4 Å². The molecule has 2 aromatic rings. The topological polar surface area (TPSA) is 81.7 Å². The van der Waals surface area contributed by atoms with Gasteiger partial charge in [0.05, 0.1) is 0 Å². The van der Waals surface area contributed by atoms with E-state index in [-0.39, 0.29) is 5.78 Å². The van der Waals surface area contributed by atoms with Crippen LogP contribution in [0.1, 0.15) is 31.1 Å². The molecule has 2 rings (SSSR count). The summed E-state index contributed by atoms with van der Waals surface area (Å²) in [5.74, 6) is -0.873. The zero-order valence-electron chi connectivity index (χ0n) is 15.2. The molecule has 0 heterocycles. The summed E-state index contributed by atoms with van der Waals surface area (Å²) in [6.45, 7) is 4.04. The molecule has 0 unspecified atom stereocenters. The maximum Gasteiger partial charge on any atom is 0.350 e. The number of amides is 1. The van der Waals surface area contributed by atoms with Gasteiger partial charge in [-0.25, -0.2) is 4.79 Å². The van der Waals surface area contributed by atoms with Crippen LogP contribution in [0.15, 0.2) is 48.5 Å². The van der Waals surface area contributed by atoms with Gasteiger partial charge in [0.25, 0.3) is 5.91 Å². The molecule has 27 heavy (non-hydrogen) atoms. The van der Waals surface area contributed by atoms with Crippen LogP contribution in [0.4, 0.5) is 5.69 Å². The van der Waals surface area contributed by atoms with Crippen LogP contribution in [-0.4, -0.2) is 29.9 Å². The van der Waals surface area contributed by atoms with Gasteiger partial charge in [-0.3, -0.25) is 9.59 Å². The first-order valence-corrected chi connectivity index (χ1v) is 8.58. The van der Waals surface area contributed by atoms with Crippen molar-refractivity contribution in [2.75, 3.05) is 11.9 Å². The third-order valence-corrected chi connectivity index (χ3v) is 3.82. The van der Waals surface area contributed by atoms with Crippen LogP contribution in [0.25, 0.3) is 0 Å². The summed E-state index contributed by atoms with van der Waals surface area (Å²) in [5, 5.41) is 3.13. The average Bonchev–Trinajstić information content (AvgIpc) is 2.61. The lowest BCUT2D eigenvalue weighted by Gasteiger charge is -2.24. The molecule has 0 aliphatic heterocycles. The van der Waals surface area contributed by atoms with E-state index in [1.807, 2.05) is 0 Å². The number of Topliss-reactive ketones (excluding diaryl/α,β-unsaturated/α-hetero) is 1. The van der Waals surface area contributed by atoms with E-state index in [0.717, 1.165) is 0 Å². The lowest BCUT2D eigenvalue weighted by atomic mass is 10.1. The molecule has 0 aliphatic rings. The molecule has 0 spiro atoms. The van der Waals surface area contributed by atoms with Crippen LogP contribution in [0, 0.1) is 0 Å². The molecule has 1 amide bonds. The second-order valence-corrected chi connectivity index (χ2v) is 6.76. The molecule has 6 nitrogen and oxygen atoms in total. The smallest absolute Gasteiger partial charge is 0.350 e. The van der Waals surface area contributed by atoms with Crippen molar-refractivity contribution in [1.29, 1.82) is 0 Å². The Hall–Kier alpha value is -2.86. The highest BCUT2D eigenvalue weighted by Gasteiger charge is 2.32. The van der Waals surface area contributed by atoms with Crippen LogP contribution >= 0.6 is 11.6 Å². The van der Waals surface area contributed by atoms with Crippen molar-refractivity contribution in [2.24, 2.45) is 0 Å². The van der Waals surface area contributed by atoms with Crippen molar-refractivity contribution < 1.29 is 23.9 Å². The van der Waals surface area contributed by atoms with Crippen molar-refractivity contribution in [3.63, 3.8) is 0 Å². The van der Waals surface area contributed by atoms with Crippen LogP contribution < -0.4 is 10.1 Å². The third kappa shape index (κ3) is 6.11. The highest BCUT2D eigenvalue weighted by atomic mass is 35.5. The predicted octanol–water partition coefficient (Wildman–Crippen LogP) is 3.88. The van der Waals surface area contributed by atoms with Gasteiger partial charge in [0.2, 0.25) is 0 Å². The Bertz CT molecular complexity index is 846. The van der Waals surface area contributed by atoms with E-state index in [0.29, 0.717) is 22.0 Å². The summed E-state index contributed by atoms with van der Waals surface area (Å²) in [5.41, 5.74) is -0.370. The predicted molar refractivity (Wildman–Crippen MR) is 102 cm³/mol. The molecule has 1 N–H and O–H groups in total. The number of halogens is 1. The number of hydrogen-bond acceptors (Lipinski definition) is 5. The number of benzene rings is 2. The number of esters is 1. The highest BCUT2D eigenvalue weighted by Crippen LogP contribution is 2.21. The number of carbonyl (C=O) groups is 3. The fraction of sp³-hybridized carbons (Fsp3) is 0.250. The molecular weight excluding hydrogens is 370 g/mol. The Morgan fingerprint density at radius 3 is 2.37 bits per heavy atom. The van der Waals surface area contributed by atoms with E-state index in [9.17, 15) is 14.4 Å². The first-order chi connectivity index (χ1) is 12.7. The lowest BCUT2D eigenvalue weighted by Crippen LogP contribution is -2.41. The molecular formula is C20H20ClNO5. The van der Waals surface area contributed by atoms with Gasteiger partial charge in [0.1, 0.15) is 5.75 Å². The van der Waals surface area contributed by atoms with Crippen molar-refractivity contribution in [3.8, 4) is 5.75 Å². The van der Waals surface area contributed by atoms with Crippen LogP contribution in [0.3, 0.4) is 0 Å². The zero-order chi connectivity index (χ0) is 20.0. The quantitative estimate of drug-likeness (QED) is 0.574. The van der Waals surface area contributed by atoms with Gasteiger partial charge in [-0.2, -0.15) is 0 Å². The van der Waals surface area contributed by atoms with E-state index in [4.69, 9.17) is 21.1 Å². The number of ether oxygens (including phenoxy) is 2. The standard InChI is InChI=1S/C20H20ClNO5/c1-13(23)14-5-4-6-16(11-14)22-18(24)12-26-19(25)20(2,3)27-17-9-7-15(21)8-10-17/h4-11H,12H2,1-3H3,(H,22,24). The summed E-state index contributed by atoms with van der Waals surface area (Å²) >= 11 is 5.81. The second kappa shape index (κ2) is 8.68. The molecule has 0 saturated carbocycles. The Kier molecular flexibility index (Phi) is 6.58. The third-order valence-electron chi connectivity index (χ3n) is 3.57. The SMILES string of the molecule is CC(=O)c1cccc(NC(=O)COC(=O)C(C)(C)Oc2ccc(Cl)cc2)c1. The van der Waals surface area contributed by atoms with Crippen molar-refractivity contribution in [1.82, 2.24) is 0 Å². The number of ketones is 1. The molecule has 7 heteroatoms. The van der Waals surface area contributed by atoms with Gasteiger partial charge in [0.15, 0.2) is 18.0 Å². The number of carbonyl (C=O) groups excluding carboxylic acids is 3. The van der Waals surface area contributed by atoms with Crippen LogP contribution in [0.2, 0.25) is 5.02 Å². The first kappa shape index (κ1) is 20.5. The molecule has 2 aromatic carbocycles. The Morgan fingerprint density at radius 2 is 1.74 bits per heavy atom. The maximum atomic E-state index is 12.2. The van der Waals surface area contributed by atoms with Crippen molar-refractivity contribution in [3.05, 3.63) is 59.1 Å². The van der Waals surface area contributed by atoms with E-state index < -0.39 is 24.1 Å². The highest BCUT2D eigenvalue weighted by molar-refractivity contribution is 6.30. The second-order valence-electron chi connectivity index (χ2n) is 6.33. The molecule has 0 aliphatic carbocycles. The van der Waals surface area contributed by atoms with E-state index in [1.54, 1.807) is 48.5 Å². The van der Waals surface area contributed by atoms with E-state index in [1.165, 1.54) is 20.8 Å². The molecule has 0 fully saturated rings. The van der Waals surface area contributed by atoms with Gasteiger partial charge in [0, 0.05) is 16.3 Å². The number of rotatable bonds is 7. The molecule has 0 radical (unpaired) electrons. The van der Waals surface area contributed by atoms with Crippen LogP contribution in [0.5, 0.6) is 5.75 Å². The van der Waals surface area contributed by atoms with Gasteiger partial charge in [-0.1, -0.05) is 23.7 Å². The molecule has 142 valence electrons. The number of nitrogens with one attached hydrogen (secondary N) is 1. The number of hydrogen-bond donors (Lipinski definition) is 1. The fourth-order valence-corrected chi connectivity index (χ4v) is 2.28. The van der Waals surface area contributed by atoms with Gasteiger partial charge in [-0.15, -0.1) is 0 Å². The zero-order valence-corrected chi connectivity index (χ0v) is 16.0. The molecule has 0 saturated heterocycles. The Morgan fingerprint density at radius 1 is 1.07 bits per heavy atom. The summed E-state index contributed by atoms with van der Waals surface area (Å²) in [6, 6.07) is 13.0. The largest absolute Gasteiger partial charge is 0.476 e. The van der Waals surface area contributed by atoms with Gasteiger partial charge in [-0.05, 0) is 57.2 Å². The minimum atomic E-state index is -1.29. The summed E-state index contributed by atoms with van der Waals surface area (Å²) < 4.78 is 10.7. The molecule has 0 bridgehead atoms. The maximum absolute atomic E-state index is 12.2. The minimum Gasteiger partial charge on any atom is -0.476 e. The number of anilines is 1. The van der Waals surface area contributed by atoms with E-state index >= 15 is 0 Å². The van der Waals surface area contributed by atoms with Crippen LogP contribution in [-0.2, 0) is 14.3 Å². The average molecular weight is 390 g/mol.